The maximum Gasteiger partial charge on any atom is 0.417 e. The van der Waals surface area contributed by atoms with E-state index in [0.29, 0.717) is 30.4 Å². The molecule has 4 atom stereocenters. The molecule has 47 heavy (non-hydrogen) atoms. The molecule has 0 aliphatic carbocycles. The summed E-state index contributed by atoms with van der Waals surface area (Å²) < 4.78 is 111. The number of nitrogens with zero attached hydrogens (tertiary/aromatic N) is 5. The number of nitrogens with two attached hydrogens (primary N) is 1. The second-order valence-electron chi connectivity index (χ2n) is 12.3. The Morgan fingerprint density at radius 1 is 1.23 bits per heavy atom. The SMILES string of the molecule is CN(c1nc(OC[C@@]23CCCN2C[C@H](F)C3)nc2c(F)c(-c3ccc(F)c4sc(N)c(C#N)c34)c(C(F)(F)F)cc12)[C@H]1CNC[C@@H]1F. The van der Waals surface area contributed by atoms with Crippen molar-refractivity contribution in [2.45, 2.75) is 49.4 Å². The number of benzene rings is 2. The summed E-state index contributed by atoms with van der Waals surface area (Å²) in [7, 11) is 1.44. The summed E-state index contributed by atoms with van der Waals surface area (Å²) in [5, 5.41) is 11.9. The van der Waals surface area contributed by atoms with Crippen LogP contribution in [0.5, 0.6) is 6.01 Å². The summed E-state index contributed by atoms with van der Waals surface area (Å²) in [5.41, 5.74) is 1.62. The lowest BCUT2D eigenvalue weighted by atomic mass is 9.92. The van der Waals surface area contributed by atoms with E-state index in [4.69, 9.17) is 10.5 Å². The molecule has 4 aromatic rings. The molecule has 0 unspecified atom stereocenters. The van der Waals surface area contributed by atoms with Gasteiger partial charge in [0.15, 0.2) is 5.82 Å². The van der Waals surface area contributed by atoms with Crippen molar-refractivity contribution in [1.82, 2.24) is 20.2 Å². The van der Waals surface area contributed by atoms with Crippen LogP contribution < -0.4 is 20.7 Å². The van der Waals surface area contributed by atoms with Crippen molar-refractivity contribution in [3.63, 3.8) is 0 Å². The molecule has 2 aromatic heterocycles. The summed E-state index contributed by atoms with van der Waals surface area (Å²) in [6.45, 7) is 1.01. The fourth-order valence-corrected chi connectivity index (χ4v) is 8.29. The van der Waals surface area contributed by atoms with Gasteiger partial charge < -0.3 is 20.7 Å². The molecule has 2 aromatic carbocycles. The molecule has 0 saturated carbocycles. The Kier molecular flexibility index (Phi) is 7.64. The van der Waals surface area contributed by atoms with Gasteiger partial charge in [0.1, 0.15) is 47.2 Å². The van der Waals surface area contributed by atoms with Crippen molar-refractivity contribution in [1.29, 1.82) is 5.26 Å². The minimum Gasteiger partial charge on any atom is -0.461 e. The highest BCUT2D eigenvalue weighted by atomic mass is 32.1. The van der Waals surface area contributed by atoms with E-state index in [1.165, 1.54) is 11.9 Å². The van der Waals surface area contributed by atoms with Gasteiger partial charge in [0, 0.05) is 49.4 Å². The number of rotatable bonds is 6. The zero-order valence-corrected chi connectivity index (χ0v) is 25.7. The zero-order chi connectivity index (χ0) is 33.4. The molecule has 248 valence electrons. The van der Waals surface area contributed by atoms with Gasteiger partial charge in [-0.25, -0.2) is 17.6 Å². The summed E-state index contributed by atoms with van der Waals surface area (Å²) in [5.74, 6) is -2.47. The van der Waals surface area contributed by atoms with Gasteiger partial charge in [-0.05, 0) is 37.1 Å². The van der Waals surface area contributed by atoms with E-state index in [0.717, 1.165) is 18.6 Å². The first-order valence-electron chi connectivity index (χ1n) is 14.9. The maximum absolute atomic E-state index is 16.9. The van der Waals surface area contributed by atoms with Gasteiger partial charge >= 0.3 is 12.2 Å². The number of hydrogen-bond donors (Lipinski definition) is 2. The van der Waals surface area contributed by atoms with Gasteiger partial charge in [-0.3, -0.25) is 4.90 Å². The minimum atomic E-state index is -5.14. The number of nitrogens with one attached hydrogen (secondary N) is 1. The minimum absolute atomic E-state index is 0.00199. The van der Waals surface area contributed by atoms with Crippen LogP contribution in [0.4, 0.5) is 41.6 Å². The van der Waals surface area contributed by atoms with Crippen LogP contribution >= 0.6 is 11.3 Å². The zero-order valence-electron chi connectivity index (χ0n) is 24.9. The molecule has 0 amide bonds. The fraction of sp³-hybridized carbons (Fsp3) is 0.452. The Labute approximate surface area is 267 Å². The van der Waals surface area contributed by atoms with E-state index >= 15 is 4.39 Å². The molecule has 16 heteroatoms. The highest BCUT2D eigenvalue weighted by molar-refractivity contribution is 7.23. The van der Waals surface area contributed by atoms with Crippen LogP contribution in [0.2, 0.25) is 0 Å². The molecule has 5 heterocycles. The number of alkyl halides is 5. The van der Waals surface area contributed by atoms with Gasteiger partial charge in [-0.2, -0.15) is 28.4 Å². The molecule has 3 fully saturated rings. The van der Waals surface area contributed by atoms with Crippen LogP contribution in [0, 0.1) is 23.0 Å². The third-order valence-electron chi connectivity index (χ3n) is 9.57. The van der Waals surface area contributed by atoms with Crippen LogP contribution in [0.1, 0.15) is 30.4 Å². The molecule has 3 aliphatic rings. The Morgan fingerprint density at radius 2 is 2.02 bits per heavy atom. The van der Waals surface area contributed by atoms with Crippen LogP contribution in [-0.4, -0.2) is 78.6 Å². The van der Waals surface area contributed by atoms with Crippen molar-refractivity contribution < 1.29 is 35.5 Å². The summed E-state index contributed by atoms with van der Waals surface area (Å²) >= 11 is 0.663. The third kappa shape index (κ3) is 5.10. The van der Waals surface area contributed by atoms with Crippen molar-refractivity contribution in [3.8, 4) is 23.2 Å². The number of thiophene rings is 1. The highest BCUT2D eigenvalue weighted by Crippen LogP contribution is 2.48. The van der Waals surface area contributed by atoms with Crippen molar-refractivity contribution in [2.24, 2.45) is 0 Å². The summed E-state index contributed by atoms with van der Waals surface area (Å²) in [6, 6.07) is 3.09. The van der Waals surface area contributed by atoms with Gasteiger partial charge in [0.05, 0.1) is 27.4 Å². The lowest BCUT2D eigenvalue weighted by Gasteiger charge is -2.31. The van der Waals surface area contributed by atoms with Gasteiger partial charge in [0.25, 0.3) is 0 Å². The highest BCUT2D eigenvalue weighted by Gasteiger charge is 2.49. The van der Waals surface area contributed by atoms with E-state index < -0.39 is 63.9 Å². The molecule has 0 spiro atoms. The topological polar surface area (TPSA) is 103 Å². The van der Waals surface area contributed by atoms with Crippen molar-refractivity contribution in [2.75, 3.05) is 50.5 Å². The maximum atomic E-state index is 16.9. The number of nitriles is 1. The monoisotopic (exact) mass is 679 g/mol. The first-order chi connectivity index (χ1) is 22.3. The summed E-state index contributed by atoms with van der Waals surface area (Å²) in [6.07, 6.45) is -5.94. The molecule has 8 nitrogen and oxygen atoms in total. The van der Waals surface area contributed by atoms with Crippen LogP contribution in [-0.2, 0) is 6.18 Å². The molecule has 0 radical (unpaired) electrons. The van der Waals surface area contributed by atoms with Gasteiger partial charge in [-0.1, -0.05) is 6.07 Å². The number of hydrogen-bond acceptors (Lipinski definition) is 9. The van der Waals surface area contributed by atoms with Crippen LogP contribution in [0.15, 0.2) is 18.2 Å². The van der Waals surface area contributed by atoms with Crippen molar-refractivity contribution >= 4 is 43.1 Å². The first-order valence-corrected chi connectivity index (χ1v) is 15.8. The number of fused-ring (bicyclic) bond motifs is 3. The Bertz CT molecular complexity index is 1950. The predicted molar refractivity (Wildman–Crippen MR) is 163 cm³/mol. The van der Waals surface area contributed by atoms with Crippen LogP contribution in [0.25, 0.3) is 32.1 Å². The smallest absolute Gasteiger partial charge is 0.417 e. The van der Waals surface area contributed by atoms with Gasteiger partial charge in [-0.15, -0.1) is 11.3 Å². The second kappa shape index (κ2) is 11.3. The van der Waals surface area contributed by atoms with E-state index in [1.54, 1.807) is 6.07 Å². The normalized spacial score (nSPS) is 24.7. The van der Waals surface area contributed by atoms with E-state index in [1.807, 2.05) is 4.90 Å². The average molecular weight is 680 g/mol. The first kappa shape index (κ1) is 31.6. The standard InChI is InChI=1S/C31H28F7N7OS/c1-44(21-11-41-10-20(21)34)28-16-7-18(31(36,37)38)23(15-3-4-19(33)26-22(15)17(9-39)27(40)47-26)24(35)25(16)42-29(43-28)46-13-30-5-2-6-45(30)12-14(32)8-30/h3-4,7,14,20-21,41H,2,5-6,8,10-13,40H2,1H3/t14-,20+,21+,30+/m1/s1. The molecular formula is C31H28F7N7OS. The largest absolute Gasteiger partial charge is 0.461 e. The Morgan fingerprint density at radius 3 is 2.72 bits per heavy atom. The third-order valence-corrected chi connectivity index (χ3v) is 10.6. The fourth-order valence-electron chi connectivity index (χ4n) is 7.34. The number of ether oxygens (including phenoxy) is 1. The number of likely N-dealkylation sites (N-methyl/N-ethyl adjacent to an activating group) is 1. The Balaban J connectivity index is 1.46. The molecule has 3 N–H and O–H groups in total. The quantitative estimate of drug-likeness (QED) is 0.241. The summed E-state index contributed by atoms with van der Waals surface area (Å²) in [4.78, 5) is 11.9. The number of anilines is 2. The van der Waals surface area contributed by atoms with Crippen LogP contribution in [0.3, 0.4) is 0 Å². The average Bonchev–Trinajstić information content (AvgIpc) is 3.77. The number of nitrogen functional groups attached to an aromatic ring is 1. The number of halogens is 7. The Hall–Kier alpha value is -3.94. The van der Waals surface area contributed by atoms with Gasteiger partial charge in [0.2, 0.25) is 0 Å². The molecule has 3 saturated heterocycles. The molecule has 3 aliphatic heterocycles. The molecular weight excluding hydrogens is 651 g/mol. The van der Waals surface area contributed by atoms with E-state index in [-0.39, 0.29) is 70.5 Å². The van der Waals surface area contributed by atoms with E-state index in [2.05, 4.69) is 15.3 Å². The number of aromatic nitrogens is 2. The van der Waals surface area contributed by atoms with E-state index in [9.17, 15) is 31.6 Å². The van der Waals surface area contributed by atoms with Crippen molar-refractivity contribution in [3.05, 3.63) is 41.0 Å². The lowest BCUT2D eigenvalue weighted by molar-refractivity contribution is -0.137. The molecule has 0 bridgehead atoms. The predicted octanol–water partition coefficient (Wildman–Crippen LogP) is 5.96. The lowest BCUT2D eigenvalue weighted by Crippen LogP contribution is -2.43. The molecule has 7 rings (SSSR count). The second-order valence-corrected chi connectivity index (χ2v) is 13.4.